The van der Waals surface area contributed by atoms with Crippen molar-refractivity contribution in [3.8, 4) is 0 Å². The molecule has 1 aromatic heterocycles. The first kappa shape index (κ1) is 10.4. The van der Waals surface area contributed by atoms with E-state index in [0.29, 0.717) is 10.7 Å². The molecule has 1 heterocycles. The molecule has 5 heteroatoms. The standard InChI is InChI=1S/C8H12BrN4/c1-2-3-4-5-10-8-12-6-11-7(9)13-8/h2-5H2,1H3,(H,10,11,12,13). The molecule has 0 saturated carbocycles. The summed E-state index contributed by atoms with van der Waals surface area (Å²) in [5.41, 5.74) is 0. The third-order valence-corrected chi connectivity index (χ3v) is 1.91. The van der Waals surface area contributed by atoms with Crippen molar-refractivity contribution in [3.63, 3.8) is 0 Å². The van der Waals surface area contributed by atoms with Crippen LogP contribution in [-0.2, 0) is 0 Å². The predicted octanol–water partition coefficient (Wildman–Crippen LogP) is 2.04. The molecule has 0 amide bonds. The van der Waals surface area contributed by atoms with Gasteiger partial charge in [0, 0.05) is 6.54 Å². The van der Waals surface area contributed by atoms with Crippen molar-refractivity contribution in [2.75, 3.05) is 11.9 Å². The number of hydrogen-bond donors (Lipinski definition) is 1. The maximum absolute atomic E-state index is 4.02. The summed E-state index contributed by atoms with van der Waals surface area (Å²) in [6, 6.07) is 0. The minimum absolute atomic E-state index is 0.514. The van der Waals surface area contributed by atoms with Crippen molar-refractivity contribution < 1.29 is 0 Å². The number of hydrogen-bond acceptors (Lipinski definition) is 4. The Bertz CT molecular complexity index is 254. The first-order chi connectivity index (χ1) is 6.33. The lowest BCUT2D eigenvalue weighted by Crippen LogP contribution is -2.05. The SMILES string of the molecule is CCCCCNc1n[c]nc(Br)n1. The highest BCUT2D eigenvalue weighted by Crippen LogP contribution is 2.03. The number of anilines is 1. The van der Waals surface area contributed by atoms with Crippen LogP contribution in [0.2, 0.25) is 0 Å². The van der Waals surface area contributed by atoms with Crippen LogP contribution < -0.4 is 5.32 Å². The smallest absolute Gasteiger partial charge is 0.227 e. The van der Waals surface area contributed by atoms with Gasteiger partial charge in [-0.2, -0.15) is 15.0 Å². The lowest BCUT2D eigenvalue weighted by molar-refractivity contribution is 0.739. The van der Waals surface area contributed by atoms with E-state index in [0.717, 1.165) is 13.0 Å². The number of aromatic nitrogens is 3. The highest BCUT2D eigenvalue weighted by Gasteiger charge is 1.96. The molecule has 0 bridgehead atoms. The summed E-state index contributed by atoms with van der Waals surface area (Å²) in [4.78, 5) is 11.6. The van der Waals surface area contributed by atoms with Gasteiger partial charge in [0.1, 0.15) is 0 Å². The maximum Gasteiger partial charge on any atom is 0.227 e. The number of nitrogens with one attached hydrogen (secondary N) is 1. The van der Waals surface area contributed by atoms with Gasteiger partial charge < -0.3 is 5.32 Å². The average molecular weight is 244 g/mol. The first-order valence-corrected chi connectivity index (χ1v) is 5.13. The molecule has 1 aromatic rings. The number of nitrogens with zero attached hydrogens (tertiary/aromatic N) is 3. The second-order valence-corrected chi connectivity index (χ2v) is 3.37. The average Bonchev–Trinajstić information content (AvgIpc) is 2.13. The lowest BCUT2D eigenvalue weighted by Gasteiger charge is -2.02. The van der Waals surface area contributed by atoms with Crippen molar-refractivity contribution in [2.45, 2.75) is 26.2 Å². The quantitative estimate of drug-likeness (QED) is 0.805. The van der Waals surface area contributed by atoms with Crippen LogP contribution in [0.25, 0.3) is 0 Å². The van der Waals surface area contributed by atoms with Crippen LogP contribution in [0, 0.1) is 6.33 Å². The second-order valence-electron chi connectivity index (χ2n) is 2.66. The summed E-state index contributed by atoms with van der Waals surface area (Å²) in [5, 5.41) is 3.10. The van der Waals surface area contributed by atoms with Crippen molar-refractivity contribution in [2.24, 2.45) is 0 Å². The number of halogens is 1. The van der Waals surface area contributed by atoms with Gasteiger partial charge in [-0.3, -0.25) is 0 Å². The van der Waals surface area contributed by atoms with Crippen molar-refractivity contribution >= 4 is 21.9 Å². The van der Waals surface area contributed by atoms with Crippen molar-refractivity contribution in [1.29, 1.82) is 0 Å². The van der Waals surface area contributed by atoms with Gasteiger partial charge in [-0.15, -0.1) is 0 Å². The molecule has 13 heavy (non-hydrogen) atoms. The topological polar surface area (TPSA) is 50.7 Å². The van der Waals surface area contributed by atoms with Crippen LogP contribution in [0.15, 0.2) is 4.73 Å². The highest BCUT2D eigenvalue weighted by atomic mass is 79.9. The lowest BCUT2D eigenvalue weighted by atomic mass is 10.2. The monoisotopic (exact) mass is 243 g/mol. The van der Waals surface area contributed by atoms with E-state index in [4.69, 9.17) is 0 Å². The largest absolute Gasteiger partial charge is 0.354 e. The van der Waals surface area contributed by atoms with Gasteiger partial charge in [0.25, 0.3) is 0 Å². The van der Waals surface area contributed by atoms with Gasteiger partial charge in [0.2, 0.25) is 17.0 Å². The molecule has 0 aliphatic carbocycles. The fourth-order valence-electron chi connectivity index (χ4n) is 0.905. The van der Waals surface area contributed by atoms with E-state index in [9.17, 15) is 0 Å². The Morgan fingerprint density at radius 3 is 2.92 bits per heavy atom. The van der Waals surface area contributed by atoms with Crippen LogP contribution in [0.3, 0.4) is 0 Å². The van der Waals surface area contributed by atoms with E-state index >= 15 is 0 Å². The third kappa shape index (κ3) is 4.17. The Morgan fingerprint density at radius 2 is 2.23 bits per heavy atom. The Labute approximate surface area is 86.3 Å². The summed E-state index contributed by atoms with van der Waals surface area (Å²) < 4.78 is 0.514. The van der Waals surface area contributed by atoms with Crippen LogP contribution in [0.1, 0.15) is 26.2 Å². The first-order valence-electron chi connectivity index (χ1n) is 4.34. The summed E-state index contributed by atoms with van der Waals surface area (Å²) in [5.74, 6) is 0.581. The fourth-order valence-corrected chi connectivity index (χ4v) is 1.15. The summed E-state index contributed by atoms with van der Waals surface area (Å²) in [6.07, 6.45) is 6.08. The summed E-state index contributed by atoms with van der Waals surface area (Å²) in [7, 11) is 0. The molecule has 0 aromatic carbocycles. The second kappa shape index (κ2) is 5.85. The normalized spacial score (nSPS) is 10.0. The van der Waals surface area contributed by atoms with E-state index in [1.165, 1.54) is 12.8 Å². The minimum Gasteiger partial charge on any atom is -0.354 e. The Hall–Kier alpha value is -0.710. The Morgan fingerprint density at radius 1 is 1.38 bits per heavy atom. The van der Waals surface area contributed by atoms with Crippen LogP contribution >= 0.6 is 15.9 Å². The molecule has 0 unspecified atom stereocenters. The van der Waals surface area contributed by atoms with Gasteiger partial charge in [-0.05, 0) is 22.4 Å². The molecule has 0 spiro atoms. The molecule has 0 fully saturated rings. The molecular weight excluding hydrogens is 232 g/mol. The van der Waals surface area contributed by atoms with Crippen LogP contribution in [-0.4, -0.2) is 21.5 Å². The molecule has 0 aliphatic heterocycles. The molecule has 0 atom stereocenters. The molecular formula is C8H12BrN4. The maximum atomic E-state index is 4.02. The van der Waals surface area contributed by atoms with E-state index in [2.05, 4.69) is 49.4 Å². The minimum atomic E-state index is 0.514. The summed E-state index contributed by atoms with van der Waals surface area (Å²) in [6.45, 7) is 3.07. The molecule has 0 saturated heterocycles. The van der Waals surface area contributed by atoms with E-state index in [1.807, 2.05) is 0 Å². The molecule has 0 aliphatic rings. The van der Waals surface area contributed by atoms with E-state index < -0.39 is 0 Å². The zero-order valence-electron chi connectivity index (χ0n) is 7.55. The molecule has 1 N–H and O–H groups in total. The molecule has 4 nitrogen and oxygen atoms in total. The molecule has 71 valence electrons. The molecule has 1 rings (SSSR count). The van der Waals surface area contributed by atoms with Gasteiger partial charge in [-0.1, -0.05) is 19.8 Å². The van der Waals surface area contributed by atoms with E-state index in [1.54, 1.807) is 0 Å². The van der Waals surface area contributed by atoms with Gasteiger partial charge in [-0.25, -0.2) is 0 Å². The van der Waals surface area contributed by atoms with Gasteiger partial charge in [0.15, 0.2) is 0 Å². The number of rotatable bonds is 5. The van der Waals surface area contributed by atoms with Crippen molar-refractivity contribution in [3.05, 3.63) is 11.1 Å². The fraction of sp³-hybridized carbons (Fsp3) is 0.625. The van der Waals surface area contributed by atoms with Crippen LogP contribution in [0.4, 0.5) is 5.95 Å². The van der Waals surface area contributed by atoms with Gasteiger partial charge >= 0.3 is 0 Å². The Balaban J connectivity index is 2.28. The van der Waals surface area contributed by atoms with Crippen molar-refractivity contribution in [1.82, 2.24) is 15.0 Å². The Kier molecular flexibility index (Phi) is 4.67. The molecule has 1 radical (unpaired) electrons. The third-order valence-electron chi connectivity index (χ3n) is 1.56. The summed E-state index contributed by atoms with van der Waals surface area (Å²) >= 11 is 3.15. The highest BCUT2D eigenvalue weighted by molar-refractivity contribution is 9.10. The predicted molar refractivity (Wildman–Crippen MR) is 54.4 cm³/mol. The number of unbranched alkanes of at least 4 members (excludes halogenated alkanes) is 2. The zero-order valence-corrected chi connectivity index (χ0v) is 9.13. The van der Waals surface area contributed by atoms with Crippen LogP contribution in [0.5, 0.6) is 0 Å². The zero-order chi connectivity index (χ0) is 9.52. The van der Waals surface area contributed by atoms with E-state index in [-0.39, 0.29) is 0 Å². The van der Waals surface area contributed by atoms with Gasteiger partial charge in [0.05, 0.1) is 0 Å².